The van der Waals surface area contributed by atoms with Crippen molar-refractivity contribution in [2.24, 2.45) is 0 Å². The highest BCUT2D eigenvalue weighted by Crippen LogP contribution is 2.16. The van der Waals surface area contributed by atoms with Gasteiger partial charge in [0.25, 0.3) is 0 Å². The van der Waals surface area contributed by atoms with Gasteiger partial charge in [0, 0.05) is 30.7 Å². The Kier molecular flexibility index (Phi) is 6.50. The summed E-state index contributed by atoms with van der Waals surface area (Å²) in [6.07, 6.45) is 3.68. The number of rotatable bonds is 7. The Morgan fingerprint density at radius 3 is 2.59 bits per heavy atom. The van der Waals surface area contributed by atoms with Crippen molar-refractivity contribution in [2.75, 3.05) is 11.9 Å². The first-order valence-electron chi connectivity index (χ1n) is 9.59. The fraction of sp³-hybridized carbons (Fsp3) is 0.208. The largest absolute Gasteiger partial charge is 0.345 e. The molecule has 1 heterocycles. The van der Waals surface area contributed by atoms with E-state index in [0.29, 0.717) is 19.6 Å². The van der Waals surface area contributed by atoms with Crippen molar-refractivity contribution in [3.8, 4) is 0 Å². The van der Waals surface area contributed by atoms with Gasteiger partial charge in [0.2, 0.25) is 0 Å². The molecule has 0 saturated carbocycles. The molecule has 3 aromatic rings. The van der Waals surface area contributed by atoms with Gasteiger partial charge in [-0.05, 0) is 66.9 Å². The minimum Gasteiger partial charge on any atom is -0.345 e. The Hall–Kier alpha value is -3.34. The van der Waals surface area contributed by atoms with Crippen molar-refractivity contribution < 1.29 is 9.18 Å². The number of hydrogen-bond donors (Lipinski definition) is 1. The molecule has 0 aliphatic rings. The predicted molar refractivity (Wildman–Crippen MR) is 115 cm³/mol. The van der Waals surface area contributed by atoms with Crippen LogP contribution in [0.4, 0.5) is 14.9 Å². The van der Waals surface area contributed by atoms with E-state index < -0.39 is 0 Å². The van der Waals surface area contributed by atoms with Crippen LogP contribution in [0.3, 0.4) is 0 Å². The summed E-state index contributed by atoms with van der Waals surface area (Å²) in [6.45, 7) is 9.33. The van der Waals surface area contributed by atoms with Gasteiger partial charge in [-0.2, -0.15) is 0 Å². The molecule has 0 aliphatic heterocycles. The highest BCUT2D eigenvalue weighted by molar-refractivity contribution is 5.89. The maximum atomic E-state index is 13.1. The molecule has 4 nitrogen and oxygen atoms in total. The first-order chi connectivity index (χ1) is 14.0. The third-order valence-corrected chi connectivity index (χ3v) is 4.94. The summed E-state index contributed by atoms with van der Waals surface area (Å²) in [5, 5.41) is 2.97. The zero-order chi connectivity index (χ0) is 20.8. The van der Waals surface area contributed by atoms with E-state index in [2.05, 4.69) is 16.5 Å². The SMILES string of the molecule is C=CCN(Cc1cccn1Cc1ccc(F)cc1)C(=O)Nc1ccc(C)c(C)c1. The van der Waals surface area contributed by atoms with Gasteiger partial charge in [-0.3, -0.25) is 0 Å². The van der Waals surface area contributed by atoms with E-state index in [1.807, 2.05) is 50.4 Å². The Bertz CT molecular complexity index is 992. The zero-order valence-corrected chi connectivity index (χ0v) is 16.9. The van der Waals surface area contributed by atoms with E-state index in [1.54, 1.807) is 23.1 Å². The van der Waals surface area contributed by atoms with Gasteiger partial charge in [0.05, 0.1) is 6.54 Å². The quantitative estimate of drug-likeness (QED) is 0.530. The Morgan fingerprint density at radius 1 is 1.14 bits per heavy atom. The molecule has 0 unspecified atom stereocenters. The van der Waals surface area contributed by atoms with E-state index in [4.69, 9.17) is 0 Å². The first kappa shape index (κ1) is 20.4. The number of urea groups is 1. The second-order valence-electron chi connectivity index (χ2n) is 7.15. The summed E-state index contributed by atoms with van der Waals surface area (Å²) >= 11 is 0. The van der Waals surface area contributed by atoms with Gasteiger partial charge < -0.3 is 14.8 Å². The topological polar surface area (TPSA) is 37.3 Å². The van der Waals surface area contributed by atoms with Crippen LogP contribution in [0.15, 0.2) is 73.4 Å². The van der Waals surface area contributed by atoms with Crippen molar-refractivity contribution >= 4 is 11.7 Å². The molecule has 2 amide bonds. The van der Waals surface area contributed by atoms with Crippen molar-refractivity contribution in [1.82, 2.24) is 9.47 Å². The lowest BCUT2D eigenvalue weighted by Gasteiger charge is -2.23. The van der Waals surface area contributed by atoms with Crippen LogP contribution in [-0.4, -0.2) is 22.0 Å². The average Bonchev–Trinajstić information content (AvgIpc) is 3.13. The fourth-order valence-electron chi connectivity index (χ4n) is 3.13. The lowest BCUT2D eigenvalue weighted by Crippen LogP contribution is -2.35. The van der Waals surface area contributed by atoms with Gasteiger partial charge in [-0.15, -0.1) is 6.58 Å². The maximum Gasteiger partial charge on any atom is 0.322 e. The number of nitrogens with one attached hydrogen (secondary N) is 1. The number of hydrogen-bond acceptors (Lipinski definition) is 1. The van der Waals surface area contributed by atoms with Crippen LogP contribution in [0.5, 0.6) is 0 Å². The van der Waals surface area contributed by atoms with Gasteiger partial charge >= 0.3 is 6.03 Å². The molecule has 29 heavy (non-hydrogen) atoms. The van der Waals surface area contributed by atoms with Crippen molar-refractivity contribution in [3.05, 3.63) is 102 Å². The minimum atomic E-state index is -0.248. The number of aryl methyl sites for hydroxylation is 2. The molecule has 5 heteroatoms. The summed E-state index contributed by atoms with van der Waals surface area (Å²) in [5.74, 6) is -0.248. The van der Waals surface area contributed by atoms with E-state index in [1.165, 1.54) is 17.7 Å². The lowest BCUT2D eigenvalue weighted by molar-refractivity contribution is 0.214. The van der Waals surface area contributed by atoms with Gasteiger partial charge in [0.15, 0.2) is 0 Å². The maximum absolute atomic E-state index is 13.1. The lowest BCUT2D eigenvalue weighted by atomic mass is 10.1. The Labute approximate surface area is 171 Å². The first-order valence-corrected chi connectivity index (χ1v) is 9.59. The molecule has 0 bridgehead atoms. The number of amides is 2. The van der Waals surface area contributed by atoms with Crippen molar-refractivity contribution in [2.45, 2.75) is 26.9 Å². The monoisotopic (exact) mass is 391 g/mol. The molecule has 0 saturated heterocycles. The number of nitrogens with zero attached hydrogens (tertiary/aromatic N) is 2. The Balaban J connectivity index is 1.72. The molecule has 3 rings (SSSR count). The summed E-state index contributed by atoms with van der Waals surface area (Å²) in [5.41, 5.74) is 5.08. The van der Waals surface area contributed by atoms with E-state index in [-0.39, 0.29) is 11.8 Å². The van der Waals surface area contributed by atoms with Gasteiger partial charge in [0.1, 0.15) is 5.82 Å². The number of carbonyl (C=O) groups is 1. The molecule has 2 aromatic carbocycles. The van der Waals surface area contributed by atoms with Crippen LogP contribution in [0.25, 0.3) is 0 Å². The number of anilines is 1. The van der Waals surface area contributed by atoms with E-state index in [0.717, 1.165) is 22.5 Å². The third kappa shape index (κ3) is 5.35. The second-order valence-corrected chi connectivity index (χ2v) is 7.15. The van der Waals surface area contributed by atoms with Crippen LogP contribution in [0, 0.1) is 19.7 Å². The molecule has 1 aromatic heterocycles. The smallest absolute Gasteiger partial charge is 0.322 e. The highest BCUT2D eigenvalue weighted by Gasteiger charge is 2.15. The van der Waals surface area contributed by atoms with E-state index >= 15 is 0 Å². The van der Waals surface area contributed by atoms with Crippen molar-refractivity contribution in [3.63, 3.8) is 0 Å². The second kappa shape index (κ2) is 9.24. The van der Waals surface area contributed by atoms with Crippen LogP contribution in [0.2, 0.25) is 0 Å². The number of carbonyl (C=O) groups excluding carboxylic acids is 1. The summed E-state index contributed by atoms with van der Waals surface area (Å²) in [4.78, 5) is 14.6. The molecular weight excluding hydrogens is 365 g/mol. The minimum absolute atomic E-state index is 0.178. The molecule has 0 fully saturated rings. The summed E-state index contributed by atoms with van der Waals surface area (Å²) in [6, 6.07) is 16.1. The summed E-state index contributed by atoms with van der Waals surface area (Å²) in [7, 11) is 0. The van der Waals surface area contributed by atoms with Crippen LogP contribution >= 0.6 is 0 Å². The van der Waals surface area contributed by atoms with Gasteiger partial charge in [-0.1, -0.05) is 24.3 Å². The molecule has 0 aliphatic carbocycles. The molecule has 0 radical (unpaired) electrons. The standard InChI is InChI=1S/C24H26FN3O/c1-4-13-28(24(29)26-22-12-7-18(2)19(3)15-22)17-23-6-5-14-27(23)16-20-8-10-21(25)11-9-20/h4-12,14-15H,1,13,16-17H2,2-3H3,(H,26,29). The van der Waals surface area contributed by atoms with Crippen molar-refractivity contribution in [1.29, 1.82) is 0 Å². The number of aromatic nitrogens is 1. The predicted octanol–water partition coefficient (Wildman–Crippen LogP) is 5.51. The number of benzene rings is 2. The zero-order valence-electron chi connectivity index (χ0n) is 16.9. The molecule has 150 valence electrons. The van der Waals surface area contributed by atoms with Crippen LogP contribution in [-0.2, 0) is 13.1 Å². The normalized spacial score (nSPS) is 10.6. The van der Waals surface area contributed by atoms with E-state index in [9.17, 15) is 9.18 Å². The molecule has 0 atom stereocenters. The number of halogens is 1. The summed E-state index contributed by atoms with van der Waals surface area (Å²) < 4.78 is 15.2. The molecular formula is C24H26FN3O. The fourth-order valence-corrected chi connectivity index (χ4v) is 3.13. The third-order valence-electron chi connectivity index (χ3n) is 4.94. The average molecular weight is 391 g/mol. The van der Waals surface area contributed by atoms with Crippen LogP contribution in [0.1, 0.15) is 22.4 Å². The Morgan fingerprint density at radius 2 is 1.90 bits per heavy atom. The van der Waals surface area contributed by atoms with Gasteiger partial charge in [-0.25, -0.2) is 9.18 Å². The molecule has 0 spiro atoms. The molecule has 1 N–H and O–H groups in total. The van der Waals surface area contributed by atoms with Crippen LogP contribution < -0.4 is 5.32 Å². The highest BCUT2D eigenvalue weighted by atomic mass is 19.1.